The molecule has 0 saturated carbocycles. The molecule has 7 heteroatoms. The number of rotatable bonds is 7. The Morgan fingerprint density at radius 1 is 1.00 bits per heavy atom. The number of aromatic nitrogens is 2. The number of hydrogen-bond acceptors (Lipinski definition) is 6. The average Bonchev–Trinajstić information content (AvgIpc) is 2.77. The minimum atomic E-state index is -0.280. The first-order chi connectivity index (χ1) is 13.7. The van der Waals surface area contributed by atoms with Gasteiger partial charge < -0.3 is 19.5 Å². The van der Waals surface area contributed by atoms with Crippen LogP contribution in [0, 0.1) is 0 Å². The zero-order valence-corrected chi connectivity index (χ0v) is 15.9. The van der Waals surface area contributed by atoms with E-state index in [-0.39, 0.29) is 5.91 Å². The van der Waals surface area contributed by atoms with Gasteiger partial charge >= 0.3 is 0 Å². The summed E-state index contributed by atoms with van der Waals surface area (Å²) >= 11 is 0. The lowest BCUT2D eigenvalue weighted by molar-refractivity contribution is 0.0947. The molecule has 28 heavy (non-hydrogen) atoms. The van der Waals surface area contributed by atoms with Gasteiger partial charge in [0.2, 0.25) is 5.75 Å². The third-order valence-electron chi connectivity index (χ3n) is 4.18. The van der Waals surface area contributed by atoms with Crippen LogP contribution >= 0.6 is 0 Å². The molecule has 0 aliphatic heterocycles. The zero-order chi connectivity index (χ0) is 19.9. The molecule has 0 bridgehead atoms. The maximum atomic E-state index is 12.7. The van der Waals surface area contributed by atoms with E-state index < -0.39 is 0 Å². The topological polar surface area (TPSA) is 82.6 Å². The van der Waals surface area contributed by atoms with E-state index in [2.05, 4.69) is 15.3 Å². The first kappa shape index (κ1) is 19.2. The third kappa shape index (κ3) is 4.03. The fourth-order valence-corrected chi connectivity index (χ4v) is 2.81. The number of carbonyl (C=O) groups excluding carboxylic acids is 1. The van der Waals surface area contributed by atoms with Crippen molar-refractivity contribution in [3.05, 3.63) is 66.1 Å². The number of amides is 1. The van der Waals surface area contributed by atoms with Crippen molar-refractivity contribution in [2.75, 3.05) is 21.3 Å². The van der Waals surface area contributed by atoms with E-state index in [9.17, 15) is 4.79 Å². The van der Waals surface area contributed by atoms with Gasteiger partial charge in [0.1, 0.15) is 0 Å². The first-order valence-corrected chi connectivity index (χ1v) is 8.60. The minimum Gasteiger partial charge on any atom is -0.493 e. The number of carbonyl (C=O) groups is 1. The first-order valence-electron chi connectivity index (χ1n) is 8.60. The second kappa shape index (κ2) is 8.85. The molecule has 0 saturated heterocycles. The Balaban J connectivity index is 1.78. The lowest BCUT2D eigenvalue weighted by Crippen LogP contribution is -2.23. The van der Waals surface area contributed by atoms with Crippen LogP contribution < -0.4 is 19.5 Å². The van der Waals surface area contributed by atoms with E-state index >= 15 is 0 Å². The molecule has 0 aliphatic carbocycles. The lowest BCUT2D eigenvalue weighted by atomic mass is 10.1. The van der Waals surface area contributed by atoms with Crippen LogP contribution in [0.3, 0.4) is 0 Å². The highest BCUT2D eigenvalue weighted by Crippen LogP contribution is 2.39. The van der Waals surface area contributed by atoms with Crippen LogP contribution in [0.5, 0.6) is 17.2 Å². The fourth-order valence-electron chi connectivity index (χ4n) is 2.81. The van der Waals surface area contributed by atoms with Gasteiger partial charge in [-0.2, -0.15) is 0 Å². The van der Waals surface area contributed by atoms with E-state index in [0.29, 0.717) is 29.4 Å². The van der Waals surface area contributed by atoms with Gasteiger partial charge in [-0.1, -0.05) is 0 Å². The van der Waals surface area contributed by atoms with Crippen molar-refractivity contribution in [1.29, 1.82) is 0 Å². The Kier molecular flexibility index (Phi) is 6.06. The third-order valence-corrected chi connectivity index (χ3v) is 4.18. The summed E-state index contributed by atoms with van der Waals surface area (Å²) in [4.78, 5) is 21.2. The predicted molar refractivity (Wildman–Crippen MR) is 105 cm³/mol. The summed E-state index contributed by atoms with van der Waals surface area (Å²) in [5, 5.41) is 2.90. The van der Waals surface area contributed by atoms with E-state index in [4.69, 9.17) is 14.2 Å². The highest BCUT2D eigenvalue weighted by atomic mass is 16.5. The quantitative estimate of drug-likeness (QED) is 0.679. The number of pyridine rings is 2. The number of nitrogens with zero attached hydrogens (tertiary/aromatic N) is 2. The Labute approximate surface area is 163 Å². The van der Waals surface area contributed by atoms with Crippen molar-refractivity contribution in [2.24, 2.45) is 0 Å². The smallest absolute Gasteiger partial charge is 0.255 e. The van der Waals surface area contributed by atoms with Gasteiger partial charge in [-0.3, -0.25) is 14.8 Å². The molecule has 1 N–H and O–H groups in total. The van der Waals surface area contributed by atoms with Gasteiger partial charge in [0.05, 0.1) is 32.6 Å². The molecule has 7 nitrogen and oxygen atoms in total. The number of methoxy groups -OCH3 is 3. The van der Waals surface area contributed by atoms with E-state index in [0.717, 1.165) is 16.8 Å². The molecule has 0 atom stereocenters. The maximum Gasteiger partial charge on any atom is 0.255 e. The van der Waals surface area contributed by atoms with Crippen LogP contribution in [0.1, 0.15) is 15.9 Å². The second-order valence-electron chi connectivity index (χ2n) is 5.86. The summed E-state index contributed by atoms with van der Waals surface area (Å²) < 4.78 is 16.0. The average molecular weight is 379 g/mol. The minimum absolute atomic E-state index is 0.280. The Morgan fingerprint density at radius 3 is 2.50 bits per heavy atom. The highest BCUT2D eigenvalue weighted by Gasteiger charge is 2.20. The predicted octanol–water partition coefficient (Wildman–Crippen LogP) is 3.10. The molecule has 0 aliphatic rings. The largest absolute Gasteiger partial charge is 0.493 e. The lowest BCUT2D eigenvalue weighted by Gasteiger charge is -2.15. The molecule has 1 aromatic carbocycles. The van der Waals surface area contributed by atoms with E-state index in [1.54, 1.807) is 30.7 Å². The summed E-state index contributed by atoms with van der Waals surface area (Å²) in [5.41, 5.74) is 2.99. The van der Waals surface area contributed by atoms with Gasteiger partial charge in [0.15, 0.2) is 11.5 Å². The van der Waals surface area contributed by atoms with Crippen molar-refractivity contribution in [1.82, 2.24) is 15.3 Å². The highest BCUT2D eigenvalue weighted by molar-refractivity contribution is 5.98. The maximum absolute atomic E-state index is 12.7. The molecule has 0 radical (unpaired) electrons. The summed E-state index contributed by atoms with van der Waals surface area (Å²) in [6.07, 6.45) is 5.17. The standard InChI is InChI=1S/C21H21N3O4/c1-26-18-7-6-16(19(27-2)20(18)28-3)21(25)24-12-14-8-10-23-17(11-14)15-5-4-9-22-13-15/h4-11,13H,12H2,1-3H3,(H,24,25). The zero-order valence-electron chi connectivity index (χ0n) is 15.9. The summed E-state index contributed by atoms with van der Waals surface area (Å²) in [6.45, 7) is 0.339. The molecule has 0 fully saturated rings. The van der Waals surface area contributed by atoms with Crippen LogP contribution in [0.4, 0.5) is 0 Å². The number of hydrogen-bond donors (Lipinski definition) is 1. The Morgan fingerprint density at radius 2 is 1.82 bits per heavy atom. The molecule has 1 amide bonds. The molecular weight excluding hydrogens is 358 g/mol. The van der Waals surface area contributed by atoms with Crippen LogP contribution in [0.25, 0.3) is 11.3 Å². The SMILES string of the molecule is COc1ccc(C(=O)NCc2ccnc(-c3cccnc3)c2)c(OC)c1OC. The fraction of sp³-hybridized carbons (Fsp3) is 0.190. The monoisotopic (exact) mass is 379 g/mol. The number of ether oxygens (including phenoxy) is 3. The van der Waals surface area contributed by atoms with Gasteiger partial charge in [-0.25, -0.2) is 0 Å². The molecule has 0 spiro atoms. The normalized spacial score (nSPS) is 10.2. The van der Waals surface area contributed by atoms with Gasteiger partial charge in [0, 0.05) is 30.7 Å². The van der Waals surface area contributed by atoms with Crippen molar-refractivity contribution >= 4 is 5.91 Å². The molecule has 2 aromatic heterocycles. The van der Waals surface area contributed by atoms with Crippen molar-refractivity contribution in [3.8, 4) is 28.5 Å². The van der Waals surface area contributed by atoms with E-state index in [1.165, 1.54) is 21.3 Å². The molecular formula is C21H21N3O4. The molecule has 2 heterocycles. The Hall–Kier alpha value is -3.61. The van der Waals surface area contributed by atoms with Crippen molar-refractivity contribution in [3.63, 3.8) is 0 Å². The van der Waals surface area contributed by atoms with Gasteiger partial charge in [0.25, 0.3) is 5.91 Å². The Bertz CT molecular complexity index is 961. The number of nitrogens with one attached hydrogen (secondary N) is 1. The summed E-state index contributed by atoms with van der Waals surface area (Å²) in [5.74, 6) is 0.911. The van der Waals surface area contributed by atoms with Crippen LogP contribution in [0.15, 0.2) is 55.0 Å². The molecule has 3 rings (SSSR count). The van der Waals surface area contributed by atoms with Crippen molar-refractivity contribution in [2.45, 2.75) is 6.54 Å². The van der Waals surface area contributed by atoms with Gasteiger partial charge in [-0.05, 0) is 42.0 Å². The van der Waals surface area contributed by atoms with Crippen molar-refractivity contribution < 1.29 is 19.0 Å². The summed E-state index contributed by atoms with van der Waals surface area (Å²) in [7, 11) is 4.51. The van der Waals surface area contributed by atoms with Crippen LogP contribution in [-0.2, 0) is 6.54 Å². The molecule has 3 aromatic rings. The van der Waals surface area contributed by atoms with Crippen LogP contribution in [-0.4, -0.2) is 37.2 Å². The molecule has 144 valence electrons. The number of benzene rings is 1. The van der Waals surface area contributed by atoms with E-state index in [1.807, 2.05) is 24.3 Å². The summed E-state index contributed by atoms with van der Waals surface area (Å²) in [6, 6.07) is 10.9. The second-order valence-corrected chi connectivity index (χ2v) is 5.86. The van der Waals surface area contributed by atoms with Gasteiger partial charge in [-0.15, -0.1) is 0 Å². The van der Waals surface area contributed by atoms with Crippen LogP contribution in [0.2, 0.25) is 0 Å². The molecule has 0 unspecified atom stereocenters.